The molecule has 0 radical (unpaired) electrons. The summed E-state index contributed by atoms with van der Waals surface area (Å²) in [6, 6.07) is 7.99. The van der Waals surface area contributed by atoms with Crippen molar-refractivity contribution in [3.63, 3.8) is 0 Å². The van der Waals surface area contributed by atoms with Gasteiger partial charge in [0.2, 0.25) is 5.95 Å². The molecular formula is C18H20N6O. The van der Waals surface area contributed by atoms with E-state index in [2.05, 4.69) is 19.8 Å². The predicted octanol–water partition coefficient (Wildman–Crippen LogP) is 2.06. The summed E-state index contributed by atoms with van der Waals surface area (Å²) in [5.41, 5.74) is 2.84. The van der Waals surface area contributed by atoms with Gasteiger partial charge in [0.25, 0.3) is 0 Å². The van der Waals surface area contributed by atoms with E-state index in [1.165, 1.54) is 0 Å². The SMILES string of the molecule is COc1cnc(N2CCN(c3nc4ccccc4nc3C)CC2)nc1. The van der Waals surface area contributed by atoms with Crippen LogP contribution >= 0.6 is 0 Å². The minimum atomic E-state index is 0.671. The van der Waals surface area contributed by atoms with E-state index in [0.29, 0.717) is 5.75 Å². The average molecular weight is 336 g/mol. The zero-order valence-electron chi connectivity index (χ0n) is 14.4. The number of para-hydroxylation sites is 2. The number of anilines is 2. The third-order valence-corrected chi connectivity index (χ3v) is 4.43. The highest BCUT2D eigenvalue weighted by molar-refractivity contribution is 5.76. The summed E-state index contributed by atoms with van der Waals surface area (Å²) in [5, 5.41) is 0. The van der Waals surface area contributed by atoms with Crippen LogP contribution in [0, 0.1) is 6.92 Å². The summed E-state index contributed by atoms with van der Waals surface area (Å²) in [4.78, 5) is 22.7. The Morgan fingerprint density at radius 1 is 0.880 bits per heavy atom. The fourth-order valence-corrected chi connectivity index (χ4v) is 3.07. The highest BCUT2D eigenvalue weighted by atomic mass is 16.5. The quantitative estimate of drug-likeness (QED) is 0.725. The van der Waals surface area contributed by atoms with Gasteiger partial charge >= 0.3 is 0 Å². The Bertz CT molecular complexity index is 874. The van der Waals surface area contributed by atoms with Gasteiger partial charge in [-0.1, -0.05) is 12.1 Å². The number of rotatable bonds is 3. The predicted molar refractivity (Wildman–Crippen MR) is 97.3 cm³/mol. The zero-order chi connectivity index (χ0) is 17.2. The van der Waals surface area contributed by atoms with E-state index in [0.717, 1.165) is 54.7 Å². The molecule has 1 saturated heterocycles. The maximum Gasteiger partial charge on any atom is 0.225 e. The van der Waals surface area contributed by atoms with Gasteiger partial charge in [-0.15, -0.1) is 0 Å². The minimum Gasteiger partial charge on any atom is -0.494 e. The number of benzene rings is 1. The highest BCUT2D eigenvalue weighted by Gasteiger charge is 2.22. The molecule has 4 rings (SSSR count). The van der Waals surface area contributed by atoms with Gasteiger partial charge in [-0.05, 0) is 19.1 Å². The van der Waals surface area contributed by atoms with Crippen molar-refractivity contribution in [3.8, 4) is 5.75 Å². The Hall–Kier alpha value is -2.96. The number of fused-ring (bicyclic) bond motifs is 1. The Kier molecular flexibility index (Phi) is 4.05. The second kappa shape index (κ2) is 6.51. The molecule has 7 heteroatoms. The van der Waals surface area contributed by atoms with Gasteiger partial charge in [0.05, 0.1) is 36.2 Å². The minimum absolute atomic E-state index is 0.671. The fourth-order valence-electron chi connectivity index (χ4n) is 3.07. The summed E-state index contributed by atoms with van der Waals surface area (Å²) >= 11 is 0. The normalized spacial score (nSPS) is 14.8. The molecule has 1 fully saturated rings. The molecule has 1 aromatic carbocycles. The maximum absolute atomic E-state index is 5.11. The van der Waals surface area contributed by atoms with Crippen molar-refractivity contribution in [2.75, 3.05) is 43.1 Å². The first-order chi connectivity index (χ1) is 12.2. The third kappa shape index (κ3) is 3.05. The Morgan fingerprint density at radius 2 is 1.48 bits per heavy atom. The van der Waals surface area contributed by atoms with Gasteiger partial charge in [0.1, 0.15) is 0 Å². The molecule has 0 unspecified atom stereocenters. The molecule has 128 valence electrons. The zero-order valence-corrected chi connectivity index (χ0v) is 14.4. The number of methoxy groups -OCH3 is 1. The molecule has 3 aromatic rings. The maximum atomic E-state index is 5.11. The highest BCUT2D eigenvalue weighted by Crippen LogP contribution is 2.22. The standard InChI is InChI=1S/C18H20N6O/c1-13-17(22-16-6-4-3-5-15(16)21-13)23-7-9-24(10-8-23)18-19-11-14(25-2)12-20-18/h3-6,11-12H,7-10H2,1-2H3. The van der Waals surface area contributed by atoms with E-state index in [9.17, 15) is 0 Å². The van der Waals surface area contributed by atoms with Crippen LogP contribution in [0.3, 0.4) is 0 Å². The lowest BCUT2D eigenvalue weighted by Crippen LogP contribution is -2.47. The molecule has 0 saturated carbocycles. The molecule has 0 atom stereocenters. The lowest BCUT2D eigenvalue weighted by atomic mass is 10.2. The van der Waals surface area contributed by atoms with Crippen LogP contribution in [-0.2, 0) is 0 Å². The van der Waals surface area contributed by atoms with E-state index in [-0.39, 0.29) is 0 Å². The van der Waals surface area contributed by atoms with Crippen LogP contribution < -0.4 is 14.5 Å². The summed E-state index contributed by atoms with van der Waals surface area (Å²) in [5.74, 6) is 2.38. The molecule has 3 heterocycles. The van der Waals surface area contributed by atoms with E-state index < -0.39 is 0 Å². The van der Waals surface area contributed by atoms with Crippen LogP contribution in [0.15, 0.2) is 36.7 Å². The van der Waals surface area contributed by atoms with Gasteiger partial charge in [0, 0.05) is 26.2 Å². The summed E-state index contributed by atoms with van der Waals surface area (Å²) in [6.45, 7) is 5.45. The first-order valence-corrected chi connectivity index (χ1v) is 8.34. The van der Waals surface area contributed by atoms with E-state index in [4.69, 9.17) is 14.7 Å². The number of aryl methyl sites for hydroxylation is 1. The molecule has 1 aliphatic heterocycles. The number of hydrogen-bond acceptors (Lipinski definition) is 7. The van der Waals surface area contributed by atoms with Crippen molar-refractivity contribution >= 4 is 22.8 Å². The Balaban J connectivity index is 1.50. The van der Waals surface area contributed by atoms with Crippen LogP contribution in [0.2, 0.25) is 0 Å². The van der Waals surface area contributed by atoms with E-state index >= 15 is 0 Å². The number of nitrogens with zero attached hydrogens (tertiary/aromatic N) is 6. The molecule has 7 nitrogen and oxygen atoms in total. The molecule has 0 N–H and O–H groups in total. The van der Waals surface area contributed by atoms with Crippen molar-refractivity contribution in [2.45, 2.75) is 6.92 Å². The smallest absolute Gasteiger partial charge is 0.225 e. The average Bonchev–Trinajstić information content (AvgIpc) is 2.68. The molecule has 25 heavy (non-hydrogen) atoms. The second-order valence-electron chi connectivity index (χ2n) is 6.02. The second-order valence-corrected chi connectivity index (χ2v) is 6.02. The van der Waals surface area contributed by atoms with Gasteiger partial charge in [-0.2, -0.15) is 0 Å². The van der Waals surface area contributed by atoms with Crippen molar-refractivity contribution in [2.24, 2.45) is 0 Å². The van der Waals surface area contributed by atoms with Crippen molar-refractivity contribution in [1.82, 2.24) is 19.9 Å². The van der Waals surface area contributed by atoms with Crippen molar-refractivity contribution in [3.05, 3.63) is 42.4 Å². The van der Waals surface area contributed by atoms with Crippen LogP contribution in [0.4, 0.5) is 11.8 Å². The van der Waals surface area contributed by atoms with E-state index in [1.807, 2.05) is 31.2 Å². The molecule has 0 amide bonds. The summed E-state index contributed by atoms with van der Waals surface area (Å²) in [7, 11) is 1.62. The fraction of sp³-hybridized carbons (Fsp3) is 0.333. The van der Waals surface area contributed by atoms with E-state index in [1.54, 1.807) is 19.5 Å². The monoisotopic (exact) mass is 336 g/mol. The van der Waals surface area contributed by atoms with Crippen molar-refractivity contribution < 1.29 is 4.74 Å². The first-order valence-electron chi connectivity index (χ1n) is 8.34. The van der Waals surface area contributed by atoms with Gasteiger partial charge in [0.15, 0.2) is 11.6 Å². The molecule has 1 aliphatic rings. The Labute approximate surface area is 146 Å². The first kappa shape index (κ1) is 15.6. The molecular weight excluding hydrogens is 316 g/mol. The molecule has 0 spiro atoms. The van der Waals surface area contributed by atoms with Gasteiger partial charge < -0.3 is 14.5 Å². The number of aromatic nitrogens is 4. The lowest BCUT2D eigenvalue weighted by Gasteiger charge is -2.35. The van der Waals surface area contributed by atoms with Crippen LogP contribution in [-0.4, -0.2) is 53.2 Å². The summed E-state index contributed by atoms with van der Waals surface area (Å²) in [6.07, 6.45) is 3.40. The van der Waals surface area contributed by atoms with Crippen LogP contribution in [0.5, 0.6) is 5.75 Å². The van der Waals surface area contributed by atoms with Crippen LogP contribution in [0.1, 0.15) is 5.69 Å². The van der Waals surface area contributed by atoms with Gasteiger partial charge in [-0.3, -0.25) is 0 Å². The van der Waals surface area contributed by atoms with Gasteiger partial charge in [-0.25, -0.2) is 19.9 Å². The van der Waals surface area contributed by atoms with Crippen molar-refractivity contribution in [1.29, 1.82) is 0 Å². The van der Waals surface area contributed by atoms with Crippen LogP contribution in [0.25, 0.3) is 11.0 Å². The molecule has 0 aliphatic carbocycles. The third-order valence-electron chi connectivity index (χ3n) is 4.43. The lowest BCUT2D eigenvalue weighted by molar-refractivity contribution is 0.410. The number of hydrogen-bond donors (Lipinski definition) is 0. The molecule has 0 bridgehead atoms. The number of ether oxygens (including phenoxy) is 1. The topological polar surface area (TPSA) is 67.3 Å². The largest absolute Gasteiger partial charge is 0.494 e. The summed E-state index contributed by atoms with van der Waals surface area (Å²) < 4.78 is 5.11. The molecule has 2 aromatic heterocycles. The Morgan fingerprint density at radius 3 is 2.12 bits per heavy atom. The number of piperazine rings is 1.